The lowest BCUT2D eigenvalue weighted by Crippen LogP contribution is -2.30. The van der Waals surface area contributed by atoms with Crippen molar-refractivity contribution in [3.05, 3.63) is 0 Å². The summed E-state index contributed by atoms with van der Waals surface area (Å²) in [7, 11) is 0. The van der Waals surface area contributed by atoms with Crippen molar-refractivity contribution in [2.45, 2.75) is 361 Å². The van der Waals surface area contributed by atoms with Gasteiger partial charge in [0.15, 0.2) is 6.10 Å². The van der Waals surface area contributed by atoms with Crippen molar-refractivity contribution in [3.8, 4) is 0 Å². The van der Waals surface area contributed by atoms with E-state index in [0.29, 0.717) is 19.3 Å². The third-order valence-corrected chi connectivity index (χ3v) is 14.1. The van der Waals surface area contributed by atoms with Gasteiger partial charge in [-0.15, -0.1) is 0 Å². The molecule has 0 N–H and O–H groups in total. The van der Waals surface area contributed by atoms with E-state index in [1.165, 1.54) is 257 Å². The van der Waals surface area contributed by atoms with Crippen molar-refractivity contribution in [3.63, 3.8) is 0 Å². The molecular formula is C61H118O6. The molecule has 398 valence electrons. The molecule has 0 bridgehead atoms. The maximum atomic E-state index is 12.9. The molecule has 0 amide bonds. The Morgan fingerprint density at radius 1 is 0.239 bits per heavy atom. The van der Waals surface area contributed by atoms with Crippen LogP contribution in [0.2, 0.25) is 0 Å². The van der Waals surface area contributed by atoms with Gasteiger partial charge in [-0.3, -0.25) is 14.4 Å². The second kappa shape index (κ2) is 57.0. The molecule has 0 spiro atoms. The van der Waals surface area contributed by atoms with E-state index in [0.717, 1.165) is 57.8 Å². The summed E-state index contributed by atoms with van der Waals surface area (Å²) in [6.07, 6.45) is 63.9. The minimum Gasteiger partial charge on any atom is -0.462 e. The average molecular weight is 948 g/mol. The van der Waals surface area contributed by atoms with E-state index in [1.54, 1.807) is 0 Å². The zero-order valence-corrected chi connectivity index (χ0v) is 45.7. The highest BCUT2D eigenvalue weighted by molar-refractivity contribution is 5.71. The van der Waals surface area contributed by atoms with E-state index in [-0.39, 0.29) is 31.1 Å². The molecule has 0 unspecified atom stereocenters. The van der Waals surface area contributed by atoms with Crippen LogP contribution in [0.5, 0.6) is 0 Å². The van der Waals surface area contributed by atoms with Crippen molar-refractivity contribution in [1.82, 2.24) is 0 Å². The van der Waals surface area contributed by atoms with Crippen LogP contribution in [0.15, 0.2) is 0 Å². The minimum atomic E-state index is -0.761. The third kappa shape index (κ3) is 55.2. The fourth-order valence-electron chi connectivity index (χ4n) is 9.51. The average Bonchev–Trinajstić information content (AvgIpc) is 3.33. The highest BCUT2D eigenvalue weighted by Gasteiger charge is 2.19. The summed E-state index contributed by atoms with van der Waals surface area (Å²) in [5.41, 5.74) is 0. The van der Waals surface area contributed by atoms with E-state index < -0.39 is 6.10 Å². The Bertz CT molecular complexity index is 998. The predicted octanol–water partition coefficient (Wildman–Crippen LogP) is 20.3. The third-order valence-electron chi connectivity index (χ3n) is 14.1. The van der Waals surface area contributed by atoms with Crippen molar-refractivity contribution >= 4 is 17.9 Å². The Balaban J connectivity index is 4.21. The molecule has 0 saturated carbocycles. The standard InChI is InChI=1S/C61H118O6/c1-4-7-10-13-16-19-22-24-26-28-29-30-31-33-34-36-39-42-45-48-51-54-60(63)66-57-58(56-65-59(62)53-50-47-44-41-38-21-18-15-12-9-6-3)67-61(64)55-52-49-46-43-40-37-35-32-27-25-23-20-17-14-11-8-5-2/h58H,4-57H2,1-3H3/t58-/m0/s1. The molecule has 6 heteroatoms. The highest BCUT2D eigenvalue weighted by atomic mass is 16.6. The van der Waals surface area contributed by atoms with Crippen LogP contribution in [-0.4, -0.2) is 37.2 Å². The molecule has 0 fully saturated rings. The normalized spacial score (nSPS) is 11.9. The second-order valence-electron chi connectivity index (χ2n) is 21.0. The van der Waals surface area contributed by atoms with Gasteiger partial charge in [-0.2, -0.15) is 0 Å². The molecule has 0 aromatic heterocycles. The van der Waals surface area contributed by atoms with Crippen LogP contribution < -0.4 is 0 Å². The van der Waals surface area contributed by atoms with Gasteiger partial charge in [0.25, 0.3) is 0 Å². The number of carbonyl (C=O) groups is 3. The topological polar surface area (TPSA) is 78.9 Å². The van der Waals surface area contributed by atoms with Crippen LogP contribution in [0.3, 0.4) is 0 Å². The molecule has 0 aliphatic carbocycles. The molecule has 0 heterocycles. The zero-order chi connectivity index (χ0) is 48.6. The number of carbonyl (C=O) groups excluding carboxylic acids is 3. The first-order valence-electron chi connectivity index (χ1n) is 30.5. The first-order valence-corrected chi connectivity index (χ1v) is 30.5. The van der Waals surface area contributed by atoms with Crippen molar-refractivity contribution in [2.75, 3.05) is 13.2 Å². The molecule has 0 rings (SSSR count). The number of hydrogen-bond donors (Lipinski definition) is 0. The number of rotatable bonds is 57. The Morgan fingerprint density at radius 3 is 0.597 bits per heavy atom. The Morgan fingerprint density at radius 2 is 0.403 bits per heavy atom. The molecule has 6 nitrogen and oxygen atoms in total. The summed E-state index contributed by atoms with van der Waals surface area (Å²) in [5.74, 6) is -0.830. The Hall–Kier alpha value is -1.59. The van der Waals surface area contributed by atoms with Gasteiger partial charge >= 0.3 is 17.9 Å². The van der Waals surface area contributed by atoms with Gasteiger partial charge in [-0.1, -0.05) is 316 Å². The first kappa shape index (κ1) is 65.4. The van der Waals surface area contributed by atoms with E-state index in [2.05, 4.69) is 20.8 Å². The molecule has 67 heavy (non-hydrogen) atoms. The first-order chi connectivity index (χ1) is 33.0. The van der Waals surface area contributed by atoms with Gasteiger partial charge in [0, 0.05) is 19.3 Å². The monoisotopic (exact) mass is 947 g/mol. The van der Waals surface area contributed by atoms with Gasteiger partial charge in [0.05, 0.1) is 0 Å². The van der Waals surface area contributed by atoms with Crippen LogP contribution in [-0.2, 0) is 28.6 Å². The van der Waals surface area contributed by atoms with Crippen molar-refractivity contribution in [1.29, 1.82) is 0 Å². The zero-order valence-electron chi connectivity index (χ0n) is 45.7. The van der Waals surface area contributed by atoms with Gasteiger partial charge in [-0.05, 0) is 19.3 Å². The lowest BCUT2D eigenvalue weighted by molar-refractivity contribution is -0.167. The maximum absolute atomic E-state index is 12.9. The summed E-state index contributed by atoms with van der Waals surface area (Å²) in [4.78, 5) is 38.1. The maximum Gasteiger partial charge on any atom is 0.306 e. The summed E-state index contributed by atoms with van der Waals surface area (Å²) >= 11 is 0. The largest absolute Gasteiger partial charge is 0.462 e. The summed E-state index contributed by atoms with van der Waals surface area (Å²) in [6.45, 7) is 6.71. The minimum absolute atomic E-state index is 0.0609. The van der Waals surface area contributed by atoms with E-state index in [9.17, 15) is 14.4 Å². The smallest absolute Gasteiger partial charge is 0.306 e. The molecule has 0 aliphatic rings. The van der Waals surface area contributed by atoms with E-state index in [1.807, 2.05) is 0 Å². The Labute approximate surface area is 418 Å². The predicted molar refractivity (Wildman–Crippen MR) is 289 cm³/mol. The molecule has 0 aromatic rings. The number of ether oxygens (including phenoxy) is 3. The lowest BCUT2D eigenvalue weighted by atomic mass is 10.0. The van der Waals surface area contributed by atoms with Gasteiger partial charge in [0.1, 0.15) is 13.2 Å². The fraction of sp³-hybridized carbons (Fsp3) is 0.951. The molecular weight excluding hydrogens is 829 g/mol. The molecule has 0 saturated heterocycles. The molecule has 0 aromatic carbocycles. The molecule has 0 aliphatic heterocycles. The van der Waals surface area contributed by atoms with Crippen molar-refractivity contribution < 1.29 is 28.6 Å². The van der Waals surface area contributed by atoms with E-state index >= 15 is 0 Å². The van der Waals surface area contributed by atoms with Crippen LogP contribution >= 0.6 is 0 Å². The summed E-state index contributed by atoms with van der Waals surface area (Å²) < 4.78 is 16.9. The highest BCUT2D eigenvalue weighted by Crippen LogP contribution is 2.18. The van der Waals surface area contributed by atoms with Gasteiger partial charge in [-0.25, -0.2) is 0 Å². The molecule has 1 atom stereocenters. The van der Waals surface area contributed by atoms with Crippen LogP contribution in [0.4, 0.5) is 0 Å². The fourth-order valence-corrected chi connectivity index (χ4v) is 9.51. The summed E-state index contributed by atoms with van der Waals surface area (Å²) in [6, 6.07) is 0. The number of esters is 3. The van der Waals surface area contributed by atoms with Gasteiger partial charge in [0.2, 0.25) is 0 Å². The second-order valence-corrected chi connectivity index (χ2v) is 21.0. The van der Waals surface area contributed by atoms with Crippen LogP contribution in [0.25, 0.3) is 0 Å². The number of unbranched alkanes of at least 4 members (excludes halogenated alkanes) is 46. The van der Waals surface area contributed by atoms with Gasteiger partial charge < -0.3 is 14.2 Å². The summed E-state index contributed by atoms with van der Waals surface area (Å²) in [5, 5.41) is 0. The van der Waals surface area contributed by atoms with Crippen LogP contribution in [0.1, 0.15) is 355 Å². The molecule has 0 radical (unpaired) electrons. The van der Waals surface area contributed by atoms with E-state index in [4.69, 9.17) is 14.2 Å². The quantitative estimate of drug-likeness (QED) is 0.0343. The number of hydrogen-bond acceptors (Lipinski definition) is 6. The van der Waals surface area contributed by atoms with Crippen molar-refractivity contribution in [2.24, 2.45) is 0 Å². The Kier molecular flexibility index (Phi) is 55.6. The lowest BCUT2D eigenvalue weighted by Gasteiger charge is -2.18. The SMILES string of the molecule is CCCCCCCCCCCCCCCCCCCCCCCC(=O)OC[C@H](COC(=O)CCCCCCCCCCCCC)OC(=O)CCCCCCCCCCCCCCCCCCC. The van der Waals surface area contributed by atoms with Crippen LogP contribution in [0, 0.1) is 0 Å².